The molecule has 0 spiro atoms. The molecule has 6 nitrogen and oxygen atoms in total. The number of rotatable bonds is 6. The maximum Gasteiger partial charge on any atom is 0.259 e. The molecule has 0 amide bonds. The van der Waals surface area contributed by atoms with Crippen LogP contribution in [0, 0.1) is 0 Å². The Hall–Kier alpha value is -1.86. The minimum Gasteiger partial charge on any atom is -0.489 e. The van der Waals surface area contributed by atoms with Crippen molar-refractivity contribution in [2.24, 2.45) is 7.05 Å². The van der Waals surface area contributed by atoms with Gasteiger partial charge in [-0.1, -0.05) is 18.2 Å². The molecule has 0 radical (unpaired) electrons. The molecule has 1 atom stereocenters. The van der Waals surface area contributed by atoms with Gasteiger partial charge in [0.2, 0.25) is 0 Å². The van der Waals surface area contributed by atoms with E-state index in [0.29, 0.717) is 5.75 Å². The third kappa shape index (κ3) is 3.82. The van der Waals surface area contributed by atoms with Crippen molar-refractivity contribution in [3.8, 4) is 5.75 Å². The Balaban J connectivity index is 1.91. The molecule has 0 aliphatic rings. The van der Waals surface area contributed by atoms with Crippen LogP contribution in [0.1, 0.15) is 6.92 Å². The fourth-order valence-electron chi connectivity index (χ4n) is 1.60. The molecule has 0 fully saturated rings. The van der Waals surface area contributed by atoms with Gasteiger partial charge in [-0.15, -0.1) is 0 Å². The van der Waals surface area contributed by atoms with Crippen molar-refractivity contribution in [1.82, 2.24) is 14.3 Å². The molecular weight excluding hydrogens is 278 g/mol. The van der Waals surface area contributed by atoms with Gasteiger partial charge in [0.1, 0.15) is 11.9 Å². The second-order valence-electron chi connectivity index (χ2n) is 4.47. The van der Waals surface area contributed by atoms with Crippen molar-refractivity contribution < 1.29 is 13.2 Å². The number of ether oxygens (including phenoxy) is 1. The largest absolute Gasteiger partial charge is 0.489 e. The first-order valence-electron chi connectivity index (χ1n) is 6.17. The van der Waals surface area contributed by atoms with Gasteiger partial charge in [0, 0.05) is 19.8 Å². The van der Waals surface area contributed by atoms with Crippen molar-refractivity contribution in [1.29, 1.82) is 0 Å². The number of para-hydroxylation sites is 1. The molecule has 1 N–H and O–H groups in total. The Labute approximate surface area is 118 Å². The number of nitrogens with zero attached hydrogens (tertiary/aromatic N) is 2. The van der Waals surface area contributed by atoms with E-state index in [1.807, 2.05) is 30.3 Å². The van der Waals surface area contributed by atoms with Crippen molar-refractivity contribution in [2.45, 2.75) is 18.1 Å². The van der Waals surface area contributed by atoms with Crippen LogP contribution in [-0.4, -0.2) is 30.6 Å². The molecular formula is C13H17N3O3S. The smallest absolute Gasteiger partial charge is 0.259 e. The second-order valence-corrected chi connectivity index (χ2v) is 6.18. The number of hydrogen-bond acceptors (Lipinski definition) is 4. The van der Waals surface area contributed by atoms with Gasteiger partial charge < -0.3 is 9.30 Å². The fourth-order valence-corrected chi connectivity index (χ4v) is 2.69. The molecule has 1 aromatic heterocycles. The van der Waals surface area contributed by atoms with E-state index < -0.39 is 10.0 Å². The molecule has 0 saturated carbocycles. The van der Waals surface area contributed by atoms with Gasteiger partial charge in [0.25, 0.3) is 10.0 Å². The average Bonchev–Trinajstić information content (AvgIpc) is 2.85. The van der Waals surface area contributed by atoms with E-state index in [0.717, 1.165) is 0 Å². The number of benzene rings is 1. The summed E-state index contributed by atoms with van der Waals surface area (Å²) in [6.45, 7) is 1.97. The van der Waals surface area contributed by atoms with E-state index >= 15 is 0 Å². The summed E-state index contributed by atoms with van der Waals surface area (Å²) in [5.41, 5.74) is 0. The van der Waals surface area contributed by atoms with Crippen molar-refractivity contribution in [3.63, 3.8) is 0 Å². The molecule has 7 heteroatoms. The number of nitrogens with one attached hydrogen (secondary N) is 1. The molecule has 1 heterocycles. The third-order valence-corrected chi connectivity index (χ3v) is 3.91. The van der Waals surface area contributed by atoms with Crippen LogP contribution in [0.4, 0.5) is 0 Å². The van der Waals surface area contributed by atoms with E-state index in [9.17, 15) is 8.42 Å². The summed E-state index contributed by atoms with van der Waals surface area (Å²) in [4.78, 5) is 3.82. The minimum atomic E-state index is -3.59. The van der Waals surface area contributed by atoms with Gasteiger partial charge in [0.05, 0.1) is 6.33 Å². The molecule has 0 saturated heterocycles. The highest BCUT2D eigenvalue weighted by Crippen LogP contribution is 2.11. The molecule has 1 aromatic carbocycles. The van der Waals surface area contributed by atoms with Crippen molar-refractivity contribution in [3.05, 3.63) is 42.9 Å². The van der Waals surface area contributed by atoms with Gasteiger partial charge in [-0.05, 0) is 19.1 Å². The fraction of sp³-hybridized carbons (Fsp3) is 0.308. The SMILES string of the molecule is CC(CNS(=O)(=O)c1cn(C)cn1)Oc1ccccc1. The predicted octanol–water partition coefficient (Wildman–Crippen LogP) is 1.17. The van der Waals surface area contributed by atoms with Crippen LogP contribution in [0.25, 0.3) is 0 Å². The summed E-state index contributed by atoms with van der Waals surface area (Å²) < 4.78 is 33.6. The Morgan fingerprint density at radius 2 is 2.05 bits per heavy atom. The Morgan fingerprint density at radius 1 is 1.35 bits per heavy atom. The first-order chi connectivity index (χ1) is 9.47. The van der Waals surface area contributed by atoms with Gasteiger partial charge in [0.15, 0.2) is 5.03 Å². The average molecular weight is 295 g/mol. The number of aromatic nitrogens is 2. The van der Waals surface area contributed by atoms with E-state index in [2.05, 4.69) is 9.71 Å². The maximum absolute atomic E-state index is 12.0. The number of hydrogen-bond donors (Lipinski definition) is 1. The molecule has 0 aliphatic heterocycles. The van der Waals surface area contributed by atoms with Gasteiger partial charge in [-0.3, -0.25) is 0 Å². The molecule has 2 aromatic rings. The van der Waals surface area contributed by atoms with Gasteiger partial charge in [-0.25, -0.2) is 18.1 Å². The number of imidazole rings is 1. The standard InChI is InChI=1S/C13H17N3O3S/c1-11(19-12-6-4-3-5-7-12)8-15-20(17,18)13-9-16(2)10-14-13/h3-7,9-11,15H,8H2,1-2H3. The van der Waals surface area contributed by atoms with E-state index in [1.54, 1.807) is 18.5 Å². The van der Waals surface area contributed by atoms with Crippen LogP contribution in [0.3, 0.4) is 0 Å². The first-order valence-corrected chi connectivity index (χ1v) is 7.65. The lowest BCUT2D eigenvalue weighted by Crippen LogP contribution is -2.33. The van der Waals surface area contributed by atoms with Gasteiger partial charge in [-0.2, -0.15) is 0 Å². The van der Waals surface area contributed by atoms with E-state index in [-0.39, 0.29) is 17.7 Å². The molecule has 2 rings (SSSR count). The number of aryl methyl sites for hydroxylation is 1. The zero-order valence-electron chi connectivity index (χ0n) is 11.4. The van der Waals surface area contributed by atoms with Gasteiger partial charge >= 0.3 is 0 Å². The summed E-state index contributed by atoms with van der Waals surface area (Å²) in [5, 5.41) is 0.00640. The Kier molecular flexibility index (Phi) is 4.41. The Bertz CT molecular complexity index is 653. The summed E-state index contributed by atoms with van der Waals surface area (Å²) >= 11 is 0. The molecule has 0 aliphatic carbocycles. The summed E-state index contributed by atoms with van der Waals surface area (Å²) in [6, 6.07) is 9.26. The van der Waals surface area contributed by atoms with E-state index in [4.69, 9.17) is 4.74 Å². The maximum atomic E-state index is 12.0. The predicted molar refractivity (Wildman–Crippen MR) is 74.9 cm³/mol. The third-order valence-electron chi connectivity index (χ3n) is 2.60. The lowest BCUT2D eigenvalue weighted by Gasteiger charge is -2.14. The van der Waals surface area contributed by atoms with Crippen LogP contribution in [-0.2, 0) is 17.1 Å². The Morgan fingerprint density at radius 3 is 2.65 bits per heavy atom. The van der Waals surface area contributed by atoms with Crippen LogP contribution < -0.4 is 9.46 Å². The highest BCUT2D eigenvalue weighted by Gasteiger charge is 2.18. The zero-order chi connectivity index (χ0) is 14.6. The monoisotopic (exact) mass is 295 g/mol. The highest BCUT2D eigenvalue weighted by atomic mass is 32.2. The topological polar surface area (TPSA) is 73.2 Å². The van der Waals surface area contributed by atoms with Crippen LogP contribution in [0.15, 0.2) is 47.9 Å². The summed E-state index contributed by atoms with van der Waals surface area (Å²) in [5.74, 6) is 0.706. The number of sulfonamides is 1. The molecule has 0 bridgehead atoms. The summed E-state index contributed by atoms with van der Waals surface area (Å²) in [6.07, 6.45) is 2.61. The molecule has 1 unspecified atom stereocenters. The normalized spacial score (nSPS) is 13.1. The zero-order valence-corrected chi connectivity index (χ0v) is 12.2. The lowest BCUT2D eigenvalue weighted by atomic mass is 10.3. The highest BCUT2D eigenvalue weighted by molar-refractivity contribution is 7.89. The minimum absolute atomic E-state index is 0.00640. The molecule has 20 heavy (non-hydrogen) atoms. The van der Waals surface area contributed by atoms with Crippen LogP contribution in [0.2, 0.25) is 0 Å². The molecule has 108 valence electrons. The van der Waals surface area contributed by atoms with Crippen molar-refractivity contribution in [2.75, 3.05) is 6.54 Å². The summed E-state index contributed by atoms with van der Waals surface area (Å²) in [7, 11) is -1.87. The van der Waals surface area contributed by atoms with Crippen molar-refractivity contribution >= 4 is 10.0 Å². The first kappa shape index (κ1) is 14.5. The lowest BCUT2D eigenvalue weighted by molar-refractivity contribution is 0.225. The second kappa shape index (κ2) is 6.06. The van der Waals surface area contributed by atoms with Crippen LogP contribution >= 0.6 is 0 Å². The quantitative estimate of drug-likeness (QED) is 0.868. The van der Waals surface area contributed by atoms with E-state index in [1.165, 1.54) is 12.5 Å². The van der Waals surface area contributed by atoms with Crippen LogP contribution in [0.5, 0.6) is 5.75 Å².